The summed E-state index contributed by atoms with van der Waals surface area (Å²) in [5, 5.41) is 12.9. The molecule has 0 spiro atoms. The van der Waals surface area contributed by atoms with Crippen molar-refractivity contribution in [1.82, 2.24) is 0 Å². The van der Waals surface area contributed by atoms with Crippen molar-refractivity contribution in [2.45, 2.75) is 19.8 Å². The molecule has 4 rings (SSSR count). The van der Waals surface area contributed by atoms with Gasteiger partial charge in [-0.05, 0) is 42.8 Å². The van der Waals surface area contributed by atoms with Crippen LogP contribution < -0.4 is 15.7 Å². The van der Waals surface area contributed by atoms with E-state index in [4.69, 9.17) is 9.15 Å². The summed E-state index contributed by atoms with van der Waals surface area (Å²) in [6.45, 7) is 2.08. The lowest BCUT2D eigenvalue weighted by atomic mass is 10.0. The van der Waals surface area contributed by atoms with Crippen LogP contribution in [0.5, 0.6) is 11.5 Å². The number of ether oxygens (including phenoxy) is 1. The van der Waals surface area contributed by atoms with Gasteiger partial charge in [-0.15, -0.1) is 0 Å². The second kappa shape index (κ2) is 6.84. The van der Waals surface area contributed by atoms with E-state index in [1.165, 1.54) is 12.1 Å². The van der Waals surface area contributed by atoms with E-state index in [0.29, 0.717) is 41.0 Å². The van der Waals surface area contributed by atoms with Crippen LogP contribution in [0.2, 0.25) is 0 Å². The van der Waals surface area contributed by atoms with E-state index in [1.807, 2.05) is 0 Å². The molecular formula is C21H17NO6. The van der Waals surface area contributed by atoms with Crippen LogP contribution >= 0.6 is 0 Å². The zero-order chi connectivity index (χ0) is 19.8. The zero-order valence-electron chi connectivity index (χ0n) is 15.1. The lowest BCUT2D eigenvalue weighted by Crippen LogP contribution is -2.21. The van der Waals surface area contributed by atoms with E-state index in [2.05, 4.69) is 5.32 Å². The maximum atomic E-state index is 12.5. The SMILES string of the molecule is Cc1c(CC(=O)Nc2ccc3c(c2)C(=O)CCO3)c(=O)oc2cc(O)ccc12. The number of carbonyl (C=O) groups excluding carboxylic acids is 2. The van der Waals surface area contributed by atoms with Gasteiger partial charge in [0, 0.05) is 23.6 Å². The molecule has 1 amide bonds. The third-order valence-electron chi connectivity index (χ3n) is 4.76. The van der Waals surface area contributed by atoms with Gasteiger partial charge in [-0.3, -0.25) is 9.59 Å². The highest BCUT2D eigenvalue weighted by molar-refractivity contribution is 6.02. The summed E-state index contributed by atoms with van der Waals surface area (Å²) in [4.78, 5) is 36.8. The maximum absolute atomic E-state index is 12.5. The normalized spacial score (nSPS) is 13.1. The van der Waals surface area contributed by atoms with Crippen LogP contribution in [0.1, 0.15) is 27.9 Å². The van der Waals surface area contributed by atoms with E-state index in [0.717, 1.165) is 0 Å². The van der Waals surface area contributed by atoms with Gasteiger partial charge in [-0.2, -0.15) is 0 Å². The first-order valence-corrected chi connectivity index (χ1v) is 8.77. The first-order chi connectivity index (χ1) is 13.4. The Morgan fingerprint density at radius 1 is 1.18 bits per heavy atom. The van der Waals surface area contributed by atoms with Crippen molar-refractivity contribution < 1.29 is 23.8 Å². The van der Waals surface area contributed by atoms with Gasteiger partial charge in [-0.1, -0.05) is 0 Å². The average molecular weight is 379 g/mol. The van der Waals surface area contributed by atoms with Crippen molar-refractivity contribution in [3.8, 4) is 11.5 Å². The number of amides is 1. The lowest BCUT2D eigenvalue weighted by Gasteiger charge is -2.17. The Hall–Kier alpha value is -3.61. The van der Waals surface area contributed by atoms with Gasteiger partial charge < -0.3 is 19.6 Å². The van der Waals surface area contributed by atoms with Crippen LogP contribution in [0.4, 0.5) is 5.69 Å². The monoisotopic (exact) mass is 379 g/mol. The maximum Gasteiger partial charge on any atom is 0.340 e. The molecule has 7 nitrogen and oxygen atoms in total. The van der Waals surface area contributed by atoms with E-state index in [9.17, 15) is 19.5 Å². The number of Topliss-reactive ketones (excluding diaryl/α,β-unsaturated/α-hetero) is 1. The van der Waals surface area contributed by atoms with E-state index in [-0.39, 0.29) is 29.1 Å². The van der Waals surface area contributed by atoms with Gasteiger partial charge in [-0.25, -0.2) is 4.79 Å². The van der Waals surface area contributed by atoms with Crippen LogP contribution in [0.3, 0.4) is 0 Å². The Morgan fingerprint density at radius 2 is 2.00 bits per heavy atom. The molecule has 0 unspecified atom stereocenters. The molecule has 0 atom stereocenters. The molecule has 0 fully saturated rings. The number of carbonyl (C=O) groups is 2. The first-order valence-electron chi connectivity index (χ1n) is 8.77. The van der Waals surface area contributed by atoms with Crippen molar-refractivity contribution in [3.63, 3.8) is 0 Å². The van der Waals surface area contributed by atoms with Crippen LogP contribution in [-0.2, 0) is 11.2 Å². The van der Waals surface area contributed by atoms with E-state index in [1.54, 1.807) is 31.2 Å². The smallest absolute Gasteiger partial charge is 0.340 e. The molecule has 0 saturated heterocycles. The minimum Gasteiger partial charge on any atom is -0.508 e. The number of aryl methyl sites for hydroxylation is 1. The summed E-state index contributed by atoms with van der Waals surface area (Å²) < 4.78 is 10.7. The Labute approximate surface area is 159 Å². The summed E-state index contributed by atoms with van der Waals surface area (Å²) >= 11 is 0. The van der Waals surface area contributed by atoms with Crippen molar-refractivity contribution in [2.24, 2.45) is 0 Å². The molecular weight excluding hydrogens is 362 g/mol. The molecule has 2 heterocycles. The van der Waals surface area contributed by atoms with Crippen molar-refractivity contribution in [3.05, 3.63) is 63.5 Å². The zero-order valence-corrected chi connectivity index (χ0v) is 15.1. The molecule has 1 aliphatic heterocycles. The van der Waals surface area contributed by atoms with Crippen LogP contribution in [0.15, 0.2) is 45.6 Å². The summed E-state index contributed by atoms with van der Waals surface area (Å²) in [6, 6.07) is 9.36. The Morgan fingerprint density at radius 3 is 2.82 bits per heavy atom. The number of rotatable bonds is 3. The largest absolute Gasteiger partial charge is 0.508 e. The molecule has 1 aliphatic rings. The fraction of sp³-hybridized carbons (Fsp3) is 0.190. The van der Waals surface area contributed by atoms with Gasteiger partial charge >= 0.3 is 5.63 Å². The predicted molar refractivity (Wildman–Crippen MR) is 102 cm³/mol. The number of nitrogens with one attached hydrogen (secondary N) is 1. The molecule has 1 aromatic heterocycles. The molecule has 28 heavy (non-hydrogen) atoms. The van der Waals surface area contributed by atoms with Gasteiger partial charge in [0.1, 0.15) is 17.1 Å². The number of phenolic OH excluding ortho intramolecular Hbond substituents is 1. The Balaban J connectivity index is 1.59. The van der Waals surface area contributed by atoms with Gasteiger partial charge in [0.2, 0.25) is 5.91 Å². The topological polar surface area (TPSA) is 106 Å². The molecule has 2 N–H and O–H groups in total. The van der Waals surface area contributed by atoms with Gasteiger partial charge in [0.05, 0.1) is 24.2 Å². The van der Waals surface area contributed by atoms with Crippen LogP contribution in [0, 0.1) is 6.92 Å². The van der Waals surface area contributed by atoms with E-state index < -0.39 is 11.5 Å². The van der Waals surface area contributed by atoms with E-state index >= 15 is 0 Å². The number of hydrogen-bond donors (Lipinski definition) is 2. The third kappa shape index (κ3) is 3.22. The van der Waals surface area contributed by atoms with Crippen molar-refractivity contribution in [2.75, 3.05) is 11.9 Å². The first kappa shape index (κ1) is 17.8. The minimum absolute atomic E-state index is 0.00789. The number of hydrogen-bond acceptors (Lipinski definition) is 6. The highest BCUT2D eigenvalue weighted by Crippen LogP contribution is 2.28. The highest BCUT2D eigenvalue weighted by atomic mass is 16.5. The summed E-state index contributed by atoms with van der Waals surface area (Å²) in [5.74, 6) is 0.0549. The third-order valence-corrected chi connectivity index (χ3v) is 4.76. The molecule has 0 aliphatic carbocycles. The summed E-state index contributed by atoms with van der Waals surface area (Å²) in [5.41, 5.74) is 1.39. The molecule has 3 aromatic rings. The number of phenols is 1. The average Bonchev–Trinajstić information content (AvgIpc) is 2.65. The molecule has 7 heteroatoms. The molecule has 142 valence electrons. The Kier molecular flexibility index (Phi) is 4.35. The quantitative estimate of drug-likeness (QED) is 0.678. The molecule has 0 radical (unpaired) electrons. The summed E-state index contributed by atoms with van der Waals surface area (Å²) in [6.07, 6.45) is 0.129. The summed E-state index contributed by atoms with van der Waals surface area (Å²) in [7, 11) is 0. The molecule has 0 saturated carbocycles. The van der Waals surface area contributed by atoms with Gasteiger partial charge in [0.15, 0.2) is 5.78 Å². The fourth-order valence-corrected chi connectivity index (χ4v) is 3.29. The van der Waals surface area contributed by atoms with Crippen molar-refractivity contribution in [1.29, 1.82) is 0 Å². The predicted octanol–water partition coefficient (Wildman–Crippen LogP) is 2.95. The number of fused-ring (bicyclic) bond motifs is 2. The Bertz CT molecular complexity index is 1180. The minimum atomic E-state index is -0.625. The highest BCUT2D eigenvalue weighted by Gasteiger charge is 2.20. The second-order valence-corrected chi connectivity index (χ2v) is 6.63. The second-order valence-electron chi connectivity index (χ2n) is 6.63. The van der Waals surface area contributed by atoms with Crippen LogP contribution in [0.25, 0.3) is 11.0 Å². The van der Waals surface area contributed by atoms with Gasteiger partial charge in [0.25, 0.3) is 0 Å². The number of ketones is 1. The molecule has 2 aromatic carbocycles. The fourth-order valence-electron chi connectivity index (χ4n) is 3.29. The van der Waals surface area contributed by atoms with Crippen molar-refractivity contribution >= 4 is 28.3 Å². The standard InChI is InChI=1S/C21H17NO6/c1-11-14-4-3-13(23)9-19(14)28-21(26)15(11)10-20(25)22-12-2-5-18-16(8-12)17(24)6-7-27-18/h2-5,8-9,23H,6-7,10H2,1H3,(H,22,25). The lowest BCUT2D eigenvalue weighted by molar-refractivity contribution is -0.115. The number of benzene rings is 2. The molecule has 0 bridgehead atoms. The number of anilines is 1. The van der Waals surface area contributed by atoms with Crippen LogP contribution in [-0.4, -0.2) is 23.4 Å². The number of aromatic hydroxyl groups is 1.